The fourth-order valence-electron chi connectivity index (χ4n) is 3.16. The minimum absolute atomic E-state index is 0.0990. The van der Waals surface area contributed by atoms with E-state index in [0.717, 1.165) is 11.1 Å². The van der Waals surface area contributed by atoms with Crippen molar-refractivity contribution in [2.24, 2.45) is 0 Å². The molecule has 0 saturated carbocycles. The quantitative estimate of drug-likeness (QED) is 0.705. The van der Waals surface area contributed by atoms with Crippen LogP contribution in [0.5, 0.6) is 5.75 Å². The highest BCUT2D eigenvalue weighted by molar-refractivity contribution is 6.00. The van der Waals surface area contributed by atoms with Crippen LogP contribution in [0, 0.1) is 5.82 Å². The molecule has 0 aliphatic carbocycles. The van der Waals surface area contributed by atoms with Crippen LogP contribution in [0.25, 0.3) is 11.1 Å². The highest BCUT2D eigenvalue weighted by Gasteiger charge is 2.23. The third-order valence-corrected chi connectivity index (χ3v) is 4.44. The molecule has 0 unspecified atom stereocenters. The van der Waals surface area contributed by atoms with E-state index in [-0.39, 0.29) is 11.7 Å². The van der Waals surface area contributed by atoms with Crippen molar-refractivity contribution in [1.29, 1.82) is 0 Å². The lowest BCUT2D eigenvalue weighted by Crippen LogP contribution is -2.32. The number of carbonyl (C=O) groups excluding carboxylic acids is 1. The van der Waals surface area contributed by atoms with Gasteiger partial charge >= 0.3 is 0 Å². The van der Waals surface area contributed by atoms with Gasteiger partial charge in [-0.3, -0.25) is 9.78 Å². The first-order valence-electron chi connectivity index (χ1n) is 8.42. The standard InChI is InChI=1S/C21H17FN2O2/c22-17-5-6-20-16(13-17)14-24(11-12-26-20)21(25)19-4-2-1-3-18(19)15-7-9-23-10-8-15/h1-10,13H,11-12,14H2. The van der Waals surface area contributed by atoms with Crippen LogP contribution >= 0.6 is 0 Å². The van der Waals surface area contributed by atoms with Gasteiger partial charge in [-0.05, 0) is 47.5 Å². The van der Waals surface area contributed by atoms with E-state index in [4.69, 9.17) is 4.74 Å². The second-order valence-electron chi connectivity index (χ2n) is 6.11. The largest absolute Gasteiger partial charge is 0.491 e. The van der Waals surface area contributed by atoms with Gasteiger partial charge in [0.05, 0.1) is 6.54 Å². The Hall–Kier alpha value is -3.21. The van der Waals surface area contributed by atoms with Crippen molar-refractivity contribution in [3.63, 3.8) is 0 Å². The number of aromatic nitrogens is 1. The lowest BCUT2D eigenvalue weighted by Gasteiger charge is -2.21. The molecule has 0 bridgehead atoms. The zero-order valence-electron chi connectivity index (χ0n) is 14.1. The number of rotatable bonds is 2. The predicted molar refractivity (Wildman–Crippen MR) is 96.3 cm³/mol. The first-order valence-corrected chi connectivity index (χ1v) is 8.42. The van der Waals surface area contributed by atoms with Crippen LogP contribution in [-0.4, -0.2) is 28.9 Å². The minimum atomic E-state index is -0.334. The molecule has 0 saturated heterocycles. The molecule has 1 amide bonds. The van der Waals surface area contributed by atoms with Gasteiger partial charge in [-0.15, -0.1) is 0 Å². The summed E-state index contributed by atoms with van der Waals surface area (Å²) in [6.07, 6.45) is 3.41. The van der Waals surface area contributed by atoms with Crippen LogP contribution in [0.3, 0.4) is 0 Å². The van der Waals surface area contributed by atoms with Crippen molar-refractivity contribution in [3.8, 4) is 16.9 Å². The Morgan fingerprint density at radius 1 is 1.08 bits per heavy atom. The average molecular weight is 348 g/mol. The molecule has 130 valence electrons. The monoisotopic (exact) mass is 348 g/mol. The zero-order chi connectivity index (χ0) is 17.9. The molecule has 4 nitrogen and oxygen atoms in total. The van der Waals surface area contributed by atoms with Gasteiger partial charge in [0.15, 0.2) is 0 Å². The summed E-state index contributed by atoms with van der Waals surface area (Å²) in [6.45, 7) is 1.14. The molecule has 26 heavy (non-hydrogen) atoms. The lowest BCUT2D eigenvalue weighted by molar-refractivity contribution is 0.0734. The summed E-state index contributed by atoms with van der Waals surface area (Å²) in [6, 6.07) is 15.7. The van der Waals surface area contributed by atoms with Crippen LogP contribution in [0.1, 0.15) is 15.9 Å². The Kier molecular flexibility index (Phi) is 4.35. The molecule has 2 heterocycles. The van der Waals surface area contributed by atoms with Gasteiger partial charge < -0.3 is 9.64 Å². The molecule has 0 fully saturated rings. The molecule has 0 spiro atoms. The van der Waals surface area contributed by atoms with Gasteiger partial charge in [-0.2, -0.15) is 0 Å². The Balaban J connectivity index is 1.68. The van der Waals surface area contributed by atoms with Crippen molar-refractivity contribution in [2.75, 3.05) is 13.2 Å². The molecule has 5 heteroatoms. The smallest absolute Gasteiger partial charge is 0.254 e. The van der Waals surface area contributed by atoms with E-state index < -0.39 is 0 Å². The first kappa shape index (κ1) is 16.3. The third kappa shape index (κ3) is 3.16. The second-order valence-corrected chi connectivity index (χ2v) is 6.11. The van der Waals surface area contributed by atoms with Crippen LogP contribution in [0.15, 0.2) is 67.0 Å². The highest BCUT2D eigenvalue weighted by Crippen LogP contribution is 2.28. The van der Waals surface area contributed by atoms with Gasteiger partial charge in [-0.1, -0.05) is 18.2 Å². The number of halogens is 1. The molecule has 1 aromatic heterocycles. The molecule has 0 N–H and O–H groups in total. The number of hydrogen-bond acceptors (Lipinski definition) is 3. The molecule has 1 aliphatic rings. The van der Waals surface area contributed by atoms with E-state index >= 15 is 0 Å². The maximum absolute atomic E-state index is 13.6. The van der Waals surface area contributed by atoms with Crippen molar-refractivity contribution >= 4 is 5.91 Å². The zero-order valence-corrected chi connectivity index (χ0v) is 14.1. The Morgan fingerprint density at radius 3 is 2.73 bits per heavy atom. The normalized spacial score (nSPS) is 13.5. The molecule has 4 rings (SSSR count). The van der Waals surface area contributed by atoms with Gasteiger partial charge in [0.1, 0.15) is 18.2 Å². The van der Waals surface area contributed by atoms with E-state index in [1.165, 1.54) is 12.1 Å². The minimum Gasteiger partial charge on any atom is -0.491 e. The second kappa shape index (κ2) is 6.96. The van der Waals surface area contributed by atoms with Crippen molar-refractivity contribution < 1.29 is 13.9 Å². The fraction of sp³-hybridized carbons (Fsp3) is 0.143. The molecule has 0 atom stereocenters. The third-order valence-electron chi connectivity index (χ3n) is 4.44. The van der Waals surface area contributed by atoms with Crippen molar-refractivity contribution in [3.05, 3.63) is 83.9 Å². The number of ether oxygens (including phenoxy) is 1. The van der Waals surface area contributed by atoms with Gasteiger partial charge in [0.2, 0.25) is 0 Å². The van der Waals surface area contributed by atoms with E-state index in [1.807, 2.05) is 36.4 Å². The number of fused-ring (bicyclic) bond motifs is 1. The SMILES string of the molecule is O=C(c1ccccc1-c1ccncc1)N1CCOc2ccc(F)cc2C1. The molecular formula is C21H17FN2O2. The summed E-state index contributed by atoms with van der Waals surface area (Å²) in [5.74, 6) is 0.195. The summed E-state index contributed by atoms with van der Waals surface area (Å²) in [5, 5.41) is 0. The Labute approximate surface area is 150 Å². The maximum Gasteiger partial charge on any atom is 0.254 e. The fourth-order valence-corrected chi connectivity index (χ4v) is 3.16. The summed E-state index contributed by atoms with van der Waals surface area (Å²) >= 11 is 0. The predicted octanol–water partition coefficient (Wildman–Crippen LogP) is 3.92. The Bertz CT molecular complexity index is 944. The number of pyridine rings is 1. The van der Waals surface area contributed by atoms with E-state index in [1.54, 1.807) is 23.4 Å². The maximum atomic E-state index is 13.6. The van der Waals surface area contributed by atoms with Crippen LogP contribution in [0.2, 0.25) is 0 Å². The summed E-state index contributed by atoms with van der Waals surface area (Å²) < 4.78 is 19.3. The number of hydrogen-bond donors (Lipinski definition) is 0. The van der Waals surface area contributed by atoms with Crippen LogP contribution < -0.4 is 4.74 Å². The van der Waals surface area contributed by atoms with E-state index in [2.05, 4.69) is 4.98 Å². The number of benzene rings is 2. The van der Waals surface area contributed by atoms with Crippen LogP contribution in [-0.2, 0) is 6.54 Å². The summed E-state index contributed by atoms with van der Waals surface area (Å²) in [4.78, 5) is 18.9. The first-order chi connectivity index (χ1) is 12.7. The van der Waals surface area contributed by atoms with Crippen molar-refractivity contribution in [1.82, 2.24) is 9.88 Å². The number of nitrogens with zero attached hydrogens (tertiary/aromatic N) is 2. The van der Waals surface area contributed by atoms with Crippen LogP contribution in [0.4, 0.5) is 4.39 Å². The van der Waals surface area contributed by atoms with E-state index in [0.29, 0.717) is 36.6 Å². The molecule has 3 aromatic rings. The van der Waals surface area contributed by atoms with Gasteiger partial charge in [0, 0.05) is 30.1 Å². The summed E-state index contributed by atoms with van der Waals surface area (Å²) in [5.41, 5.74) is 3.07. The molecule has 0 radical (unpaired) electrons. The Morgan fingerprint density at radius 2 is 1.88 bits per heavy atom. The average Bonchev–Trinajstić information content (AvgIpc) is 2.90. The molecule has 2 aromatic carbocycles. The van der Waals surface area contributed by atoms with Gasteiger partial charge in [-0.25, -0.2) is 4.39 Å². The summed E-state index contributed by atoms with van der Waals surface area (Å²) in [7, 11) is 0. The topological polar surface area (TPSA) is 42.4 Å². The van der Waals surface area contributed by atoms with E-state index in [9.17, 15) is 9.18 Å². The highest BCUT2D eigenvalue weighted by atomic mass is 19.1. The number of amides is 1. The van der Waals surface area contributed by atoms with Crippen molar-refractivity contribution in [2.45, 2.75) is 6.54 Å². The lowest BCUT2D eigenvalue weighted by atomic mass is 9.99. The molecular weight excluding hydrogens is 331 g/mol. The molecule has 1 aliphatic heterocycles. The number of carbonyl (C=O) groups is 1. The van der Waals surface area contributed by atoms with Gasteiger partial charge in [0.25, 0.3) is 5.91 Å².